The minimum absolute atomic E-state index is 0.0177. The molecular weight excluding hydrogens is 310 g/mol. The molecule has 3 aromatic rings. The van der Waals surface area contributed by atoms with Crippen LogP contribution in [0.25, 0.3) is 5.69 Å². The summed E-state index contributed by atoms with van der Waals surface area (Å²) in [5.41, 5.74) is 3.65. The van der Waals surface area contributed by atoms with Crippen LogP contribution in [0.3, 0.4) is 0 Å². The van der Waals surface area contributed by atoms with Crippen molar-refractivity contribution in [3.8, 4) is 5.69 Å². The summed E-state index contributed by atoms with van der Waals surface area (Å²) in [5.74, 6) is 0.0177. The Hall–Kier alpha value is -2.88. The van der Waals surface area contributed by atoms with E-state index in [0.717, 1.165) is 30.8 Å². The molecule has 2 aromatic carbocycles. The molecule has 1 aromatic heterocycles. The van der Waals surface area contributed by atoms with E-state index in [-0.39, 0.29) is 11.9 Å². The smallest absolute Gasteiger partial charge is 0.274 e. The summed E-state index contributed by atoms with van der Waals surface area (Å²) in [6.07, 6.45) is 2.04. The molecule has 1 saturated heterocycles. The van der Waals surface area contributed by atoms with Gasteiger partial charge in [-0.3, -0.25) is 4.79 Å². The number of hydrogen-bond donors (Lipinski definition) is 0. The summed E-state index contributed by atoms with van der Waals surface area (Å²) in [6, 6.07) is 22.2. The predicted octanol–water partition coefficient (Wildman–Crippen LogP) is 4.16. The molecule has 1 unspecified atom stereocenters. The van der Waals surface area contributed by atoms with Crippen LogP contribution in [0.2, 0.25) is 0 Å². The van der Waals surface area contributed by atoms with Gasteiger partial charge in [-0.15, -0.1) is 0 Å². The maximum Gasteiger partial charge on any atom is 0.274 e. The SMILES string of the molecule is Cc1cc(C(=O)N2CCCC2c2ccccc2)nn1-c1ccccc1. The average molecular weight is 331 g/mol. The number of nitrogens with zero attached hydrogens (tertiary/aromatic N) is 3. The fraction of sp³-hybridized carbons (Fsp3) is 0.238. The minimum Gasteiger partial charge on any atom is -0.330 e. The quantitative estimate of drug-likeness (QED) is 0.723. The van der Waals surface area contributed by atoms with Crippen molar-refractivity contribution in [1.29, 1.82) is 0 Å². The van der Waals surface area contributed by atoms with Crippen molar-refractivity contribution in [2.24, 2.45) is 0 Å². The number of carbonyl (C=O) groups excluding carboxylic acids is 1. The highest BCUT2D eigenvalue weighted by atomic mass is 16.2. The Labute approximate surface area is 147 Å². The highest BCUT2D eigenvalue weighted by Crippen LogP contribution is 2.33. The number of rotatable bonds is 3. The highest BCUT2D eigenvalue weighted by Gasteiger charge is 2.31. The van der Waals surface area contributed by atoms with Gasteiger partial charge in [0.25, 0.3) is 5.91 Å². The molecule has 1 atom stereocenters. The molecule has 0 spiro atoms. The molecule has 1 aliphatic heterocycles. The van der Waals surface area contributed by atoms with Crippen LogP contribution in [0, 0.1) is 6.92 Å². The fourth-order valence-electron chi connectivity index (χ4n) is 3.59. The monoisotopic (exact) mass is 331 g/mol. The number of aromatic nitrogens is 2. The second-order valence-electron chi connectivity index (χ2n) is 6.49. The zero-order valence-electron chi connectivity index (χ0n) is 14.3. The fourth-order valence-corrected chi connectivity index (χ4v) is 3.59. The first-order valence-electron chi connectivity index (χ1n) is 8.72. The second kappa shape index (κ2) is 6.55. The van der Waals surface area contributed by atoms with Gasteiger partial charge in [0.15, 0.2) is 5.69 Å². The van der Waals surface area contributed by atoms with E-state index in [0.29, 0.717) is 5.69 Å². The third kappa shape index (κ3) is 2.95. The minimum atomic E-state index is 0.0177. The molecule has 25 heavy (non-hydrogen) atoms. The second-order valence-corrected chi connectivity index (χ2v) is 6.49. The Morgan fingerprint density at radius 1 is 1.04 bits per heavy atom. The first-order valence-corrected chi connectivity index (χ1v) is 8.72. The molecule has 4 rings (SSSR count). The van der Waals surface area contributed by atoms with E-state index in [1.807, 2.05) is 71.1 Å². The molecule has 0 aliphatic carbocycles. The lowest BCUT2D eigenvalue weighted by molar-refractivity contribution is 0.0729. The van der Waals surface area contributed by atoms with E-state index in [9.17, 15) is 4.79 Å². The Bertz CT molecular complexity index is 871. The van der Waals surface area contributed by atoms with Gasteiger partial charge in [0.2, 0.25) is 0 Å². The number of hydrogen-bond acceptors (Lipinski definition) is 2. The van der Waals surface area contributed by atoms with E-state index in [1.165, 1.54) is 5.56 Å². The molecule has 126 valence electrons. The highest BCUT2D eigenvalue weighted by molar-refractivity contribution is 5.93. The topological polar surface area (TPSA) is 38.1 Å². The number of likely N-dealkylation sites (tertiary alicyclic amines) is 1. The van der Waals surface area contributed by atoms with Crippen LogP contribution in [0.4, 0.5) is 0 Å². The van der Waals surface area contributed by atoms with Crippen molar-refractivity contribution in [2.45, 2.75) is 25.8 Å². The summed E-state index contributed by atoms with van der Waals surface area (Å²) >= 11 is 0. The van der Waals surface area contributed by atoms with Gasteiger partial charge in [-0.05, 0) is 43.5 Å². The van der Waals surface area contributed by atoms with Crippen molar-refractivity contribution < 1.29 is 4.79 Å². The normalized spacial score (nSPS) is 17.0. The van der Waals surface area contributed by atoms with Crippen LogP contribution in [0.1, 0.15) is 40.6 Å². The van der Waals surface area contributed by atoms with Crippen molar-refractivity contribution >= 4 is 5.91 Å². The third-order valence-electron chi connectivity index (χ3n) is 4.81. The molecule has 4 nitrogen and oxygen atoms in total. The molecule has 1 aliphatic rings. The number of para-hydroxylation sites is 1. The van der Waals surface area contributed by atoms with Crippen molar-refractivity contribution in [1.82, 2.24) is 14.7 Å². The van der Waals surface area contributed by atoms with E-state index < -0.39 is 0 Å². The first-order chi connectivity index (χ1) is 12.2. The third-order valence-corrected chi connectivity index (χ3v) is 4.81. The van der Waals surface area contributed by atoms with Crippen molar-refractivity contribution in [3.63, 3.8) is 0 Å². The molecule has 1 fully saturated rings. The summed E-state index contributed by atoms with van der Waals surface area (Å²) < 4.78 is 1.83. The number of amides is 1. The van der Waals surface area contributed by atoms with Crippen LogP contribution in [0.15, 0.2) is 66.7 Å². The average Bonchev–Trinajstić information content (AvgIpc) is 3.29. The largest absolute Gasteiger partial charge is 0.330 e. The van der Waals surface area contributed by atoms with Gasteiger partial charge in [0.05, 0.1) is 11.7 Å². The zero-order valence-corrected chi connectivity index (χ0v) is 14.3. The Morgan fingerprint density at radius 2 is 1.72 bits per heavy atom. The lowest BCUT2D eigenvalue weighted by Gasteiger charge is -2.24. The van der Waals surface area contributed by atoms with Crippen molar-refractivity contribution in [2.75, 3.05) is 6.54 Å². The van der Waals surface area contributed by atoms with Crippen LogP contribution in [0.5, 0.6) is 0 Å². The maximum absolute atomic E-state index is 13.1. The lowest BCUT2D eigenvalue weighted by Crippen LogP contribution is -2.31. The Morgan fingerprint density at radius 3 is 2.44 bits per heavy atom. The molecule has 0 radical (unpaired) electrons. The molecule has 2 heterocycles. The Kier molecular flexibility index (Phi) is 4.10. The first kappa shape index (κ1) is 15.6. The molecule has 0 saturated carbocycles. The molecular formula is C21H21N3O. The van der Waals surface area contributed by atoms with Gasteiger partial charge in [0, 0.05) is 12.2 Å². The van der Waals surface area contributed by atoms with Crippen LogP contribution in [-0.4, -0.2) is 27.1 Å². The van der Waals surface area contributed by atoms with Gasteiger partial charge in [-0.25, -0.2) is 4.68 Å². The number of aryl methyl sites for hydroxylation is 1. The van der Waals surface area contributed by atoms with Gasteiger partial charge in [-0.1, -0.05) is 48.5 Å². The van der Waals surface area contributed by atoms with Crippen LogP contribution in [-0.2, 0) is 0 Å². The summed E-state index contributed by atoms with van der Waals surface area (Å²) in [4.78, 5) is 15.0. The molecule has 1 amide bonds. The van der Waals surface area contributed by atoms with E-state index in [1.54, 1.807) is 0 Å². The van der Waals surface area contributed by atoms with Crippen LogP contribution >= 0.6 is 0 Å². The number of benzene rings is 2. The molecule has 0 N–H and O–H groups in total. The number of carbonyl (C=O) groups is 1. The van der Waals surface area contributed by atoms with E-state index in [2.05, 4.69) is 17.2 Å². The van der Waals surface area contributed by atoms with Crippen molar-refractivity contribution in [3.05, 3.63) is 83.7 Å². The molecule has 0 bridgehead atoms. The summed E-state index contributed by atoms with van der Waals surface area (Å²) in [7, 11) is 0. The zero-order chi connectivity index (χ0) is 17.2. The van der Waals surface area contributed by atoms with Gasteiger partial charge in [0.1, 0.15) is 0 Å². The summed E-state index contributed by atoms with van der Waals surface area (Å²) in [5, 5.41) is 4.58. The lowest BCUT2D eigenvalue weighted by atomic mass is 10.0. The molecule has 4 heteroatoms. The maximum atomic E-state index is 13.1. The van der Waals surface area contributed by atoms with Gasteiger partial charge >= 0.3 is 0 Å². The summed E-state index contributed by atoms with van der Waals surface area (Å²) in [6.45, 7) is 2.77. The van der Waals surface area contributed by atoms with Gasteiger partial charge < -0.3 is 4.90 Å². The standard InChI is InChI=1S/C21H21N3O/c1-16-15-19(22-24(16)18-11-6-3-7-12-18)21(25)23-14-8-13-20(23)17-9-4-2-5-10-17/h2-7,9-12,15,20H,8,13-14H2,1H3. The predicted molar refractivity (Wildman–Crippen MR) is 97.8 cm³/mol. The Balaban J connectivity index is 1.63. The van der Waals surface area contributed by atoms with E-state index in [4.69, 9.17) is 0 Å². The van der Waals surface area contributed by atoms with Crippen LogP contribution < -0.4 is 0 Å². The van der Waals surface area contributed by atoms with Gasteiger partial charge in [-0.2, -0.15) is 5.10 Å². The van der Waals surface area contributed by atoms with E-state index >= 15 is 0 Å².